The summed E-state index contributed by atoms with van der Waals surface area (Å²) in [5.41, 5.74) is 8.13. The van der Waals surface area contributed by atoms with Gasteiger partial charge in [-0.05, 0) is 77.1 Å². The van der Waals surface area contributed by atoms with Gasteiger partial charge in [0.25, 0.3) is 11.1 Å². The third-order valence-corrected chi connectivity index (χ3v) is 8.55. The Balaban J connectivity index is 0.000000191. The van der Waals surface area contributed by atoms with E-state index in [4.69, 9.17) is 30.4 Å². The number of aliphatic hydroxyl groups excluding tert-OH is 1. The van der Waals surface area contributed by atoms with Gasteiger partial charge >= 0.3 is 0 Å². The third-order valence-electron chi connectivity index (χ3n) is 8.55. The number of aromatic amines is 2. The first-order valence-corrected chi connectivity index (χ1v) is 15.1. The maximum absolute atomic E-state index is 11.5. The summed E-state index contributed by atoms with van der Waals surface area (Å²) >= 11 is 0. The van der Waals surface area contributed by atoms with Crippen LogP contribution < -0.4 is 41.5 Å². The number of primary amides is 2. The third kappa shape index (κ3) is 6.98. The standard InChI is InChI=1S/C17H19N3O5.C17H18N2O5/c1-16(2)17(3,23)14(24-13-7-6-12(21)19-20-13)10-8-9(15(18)22)4-5-11(10)25-16;1-17(2)15(21)14(23-10-5-6-19-13(20)8-10)11-7-9(16(18)22)3-4-12(11)24-17/h4-8,14,23H,1-3H3,(H2,18,22)(H,19,21);3-8,14-15,21H,1-2H3,(H2,18,22)(H,19,20). The molecule has 2 aliphatic rings. The van der Waals surface area contributed by atoms with E-state index in [1.807, 2.05) is 0 Å². The van der Waals surface area contributed by atoms with Gasteiger partial charge in [0.1, 0.15) is 40.2 Å². The second-order valence-electron chi connectivity index (χ2n) is 12.8. The number of aliphatic hydroxyl groups is 2. The van der Waals surface area contributed by atoms with Crippen molar-refractivity contribution in [3.05, 3.63) is 110 Å². The van der Waals surface area contributed by atoms with Crippen molar-refractivity contribution >= 4 is 11.8 Å². The molecule has 0 saturated heterocycles. The van der Waals surface area contributed by atoms with Crippen LogP contribution in [0, 0.1) is 0 Å². The van der Waals surface area contributed by atoms with Crippen LogP contribution >= 0.6 is 0 Å². The Morgan fingerprint density at radius 3 is 2.00 bits per heavy atom. The minimum Gasteiger partial charge on any atom is -0.485 e. The highest BCUT2D eigenvalue weighted by atomic mass is 16.6. The molecular formula is C34H37N5O10. The van der Waals surface area contributed by atoms with E-state index in [2.05, 4.69) is 15.2 Å². The van der Waals surface area contributed by atoms with Gasteiger partial charge < -0.3 is 45.6 Å². The number of rotatable bonds is 6. The molecule has 15 nitrogen and oxygen atoms in total. The molecular weight excluding hydrogens is 638 g/mol. The average molecular weight is 676 g/mol. The van der Waals surface area contributed by atoms with Crippen molar-refractivity contribution < 1.29 is 38.7 Å². The molecule has 2 aromatic carbocycles. The first-order chi connectivity index (χ1) is 22.9. The molecule has 4 unspecified atom stereocenters. The number of nitrogens with two attached hydrogens (primary N) is 2. The number of H-pyrrole nitrogens is 2. The van der Waals surface area contributed by atoms with Crippen molar-refractivity contribution in [1.29, 1.82) is 0 Å². The Morgan fingerprint density at radius 1 is 0.816 bits per heavy atom. The Kier molecular flexibility index (Phi) is 9.01. The molecule has 49 heavy (non-hydrogen) atoms. The molecule has 0 bridgehead atoms. The van der Waals surface area contributed by atoms with Gasteiger partial charge in [0.15, 0.2) is 12.2 Å². The van der Waals surface area contributed by atoms with Crippen molar-refractivity contribution in [3.8, 4) is 23.1 Å². The van der Waals surface area contributed by atoms with Crippen LogP contribution in [0.15, 0.2) is 76.4 Å². The molecule has 0 fully saturated rings. The van der Waals surface area contributed by atoms with Crippen molar-refractivity contribution in [2.75, 3.05) is 0 Å². The van der Waals surface area contributed by atoms with Gasteiger partial charge in [-0.1, -0.05) is 0 Å². The summed E-state index contributed by atoms with van der Waals surface area (Å²) in [6, 6.07) is 14.9. The van der Waals surface area contributed by atoms with Gasteiger partial charge in [-0.25, -0.2) is 5.10 Å². The highest BCUT2D eigenvalue weighted by Crippen LogP contribution is 2.48. The number of fused-ring (bicyclic) bond motifs is 2. The van der Waals surface area contributed by atoms with E-state index in [1.165, 1.54) is 36.5 Å². The molecule has 0 aliphatic carbocycles. The molecule has 2 aromatic heterocycles. The van der Waals surface area contributed by atoms with Gasteiger partial charge in [-0.2, -0.15) is 0 Å². The average Bonchev–Trinajstić information content (AvgIpc) is 3.02. The molecule has 258 valence electrons. The summed E-state index contributed by atoms with van der Waals surface area (Å²) in [7, 11) is 0. The lowest BCUT2D eigenvalue weighted by atomic mass is 9.77. The van der Waals surface area contributed by atoms with E-state index in [-0.39, 0.29) is 28.1 Å². The van der Waals surface area contributed by atoms with Gasteiger partial charge in [0.05, 0.1) is 0 Å². The lowest BCUT2D eigenvalue weighted by molar-refractivity contribution is -0.175. The number of hydrogen-bond donors (Lipinski definition) is 6. The molecule has 15 heteroatoms. The summed E-state index contributed by atoms with van der Waals surface area (Å²) in [4.78, 5) is 48.1. The summed E-state index contributed by atoms with van der Waals surface area (Å²) in [5, 5.41) is 27.8. The number of aromatic nitrogens is 3. The van der Waals surface area contributed by atoms with E-state index in [9.17, 15) is 29.4 Å². The molecule has 2 amide bonds. The summed E-state index contributed by atoms with van der Waals surface area (Å²) in [5.74, 6) is 0.190. The van der Waals surface area contributed by atoms with Crippen molar-refractivity contribution in [2.45, 2.75) is 69.7 Å². The van der Waals surface area contributed by atoms with Gasteiger partial charge in [-0.15, -0.1) is 5.10 Å². The number of hydrogen-bond acceptors (Lipinski definition) is 11. The van der Waals surface area contributed by atoms with Gasteiger partial charge in [0.2, 0.25) is 17.7 Å². The highest BCUT2D eigenvalue weighted by molar-refractivity contribution is 5.93. The summed E-state index contributed by atoms with van der Waals surface area (Å²) in [6.07, 6.45) is -1.28. The first-order valence-electron chi connectivity index (χ1n) is 15.1. The SMILES string of the molecule is CC1(C)Oc2ccc(C(N)=O)cc2C(Oc2cc[nH]c(=O)c2)C1O.CC1(C)Oc2ccc(C(N)=O)cc2C(Oc2ccc(=O)[nH]n2)C1(C)O. The number of benzene rings is 2. The Hall–Kier alpha value is -5.67. The van der Waals surface area contributed by atoms with Crippen LogP contribution in [0.2, 0.25) is 0 Å². The second kappa shape index (κ2) is 12.7. The number of amides is 2. The molecule has 0 spiro atoms. The number of nitrogens with zero attached hydrogens (tertiary/aromatic N) is 1. The quantitative estimate of drug-likeness (QED) is 0.173. The van der Waals surface area contributed by atoms with Crippen molar-refractivity contribution in [3.63, 3.8) is 0 Å². The molecule has 6 rings (SSSR count). The van der Waals surface area contributed by atoms with Crippen LogP contribution in [0.3, 0.4) is 0 Å². The van der Waals surface area contributed by atoms with E-state index in [0.717, 1.165) is 0 Å². The fourth-order valence-electron chi connectivity index (χ4n) is 5.36. The summed E-state index contributed by atoms with van der Waals surface area (Å²) < 4.78 is 23.4. The largest absolute Gasteiger partial charge is 0.485 e. The van der Waals surface area contributed by atoms with E-state index in [0.29, 0.717) is 28.4 Å². The number of carbonyl (C=O) groups is 2. The number of nitrogens with one attached hydrogen (secondary N) is 2. The van der Waals surface area contributed by atoms with Crippen molar-refractivity contribution in [2.24, 2.45) is 11.5 Å². The molecule has 2 aliphatic heterocycles. The number of ether oxygens (including phenoxy) is 4. The van der Waals surface area contributed by atoms with Crippen LogP contribution in [0.1, 0.15) is 78.7 Å². The maximum Gasteiger partial charge on any atom is 0.264 e. The molecule has 4 atom stereocenters. The normalized spacial score (nSPS) is 22.8. The zero-order valence-electron chi connectivity index (χ0n) is 27.3. The van der Waals surface area contributed by atoms with Crippen LogP contribution in [-0.4, -0.2) is 60.1 Å². The maximum atomic E-state index is 11.5. The van der Waals surface area contributed by atoms with Crippen LogP contribution in [0.5, 0.6) is 23.1 Å². The topological polar surface area (TPSA) is 242 Å². The minimum atomic E-state index is -1.46. The van der Waals surface area contributed by atoms with E-state index < -0.39 is 46.9 Å². The fraction of sp³-hybridized carbons (Fsp3) is 0.324. The number of carbonyl (C=O) groups excluding carboxylic acids is 2. The lowest BCUT2D eigenvalue weighted by Crippen LogP contribution is -2.59. The van der Waals surface area contributed by atoms with Gasteiger partial charge in [-0.3, -0.25) is 19.2 Å². The smallest absolute Gasteiger partial charge is 0.264 e. The Bertz CT molecular complexity index is 2000. The first kappa shape index (κ1) is 34.7. The van der Waals surface area contributed by atoms with Crippen LogP contribution in [0.4, 0.5) is 0 Å². The zero-order chi connectivity index (χ0) is 35.9. The second-order valence-corrected chi connectivity index (χ2v) is 12.8. The predicted octanol–water partition coefficient (Wildman–Crippen LogP) is 2.04. The Morgan fingerprint density at radius 2 is 1.43 bits per heavy atom. The molecule has 4 aromatic rings. The predicted molar refractivity (Wildman–Crippen MR) is 175 cm³/mol. The number of pyridine rings is 1. The van der Waals surface area contributed by atoms with E-state index in [1.54, 1.807) is 65.0 Å². The molecule has 4 heterocycles. The minimum absolute atomic E-state index is 0.123. The summed E-state index contributed by atoms with van der Waals surface area (Å²) in [6.45, 7) is 8.50. The lowest BCUT2D eigenvalue weighted by Gasteiger charge is -2.48. The highest BCUT2D eigenvalue weighted by Gasteiger charge is 2.54. The molecule has 0 radical (unpaired) electrons. The Labute approximate surface area is 279 Å². The zero-order valence-corrected chi connectivity index (χ0v) is 27.3. The van der Waals surface area contributed by atoms with E-state index >= 15 is 0 Å². The monoisotopic (exact) mass is 675 g/mol. The van der Waals surface area contributed by atoms with Crippen LogP contribution in [0.25, 0.3) is 0 Å². The molecule has 0 saturated carbocycles. The van der Waals surface area contributed by atoms with Crippen molar-refractivity contribution in [1.82, 2.24) is 15.2 Å². The van der Waals surface area contributed by atoms with Gasteiger partial charge in [0, 0.05) is 46.6 Å². The molecule has 8 N–H and O–H groups in total. The van der Waals surface area contributed by atoms with Crippen LogP contribution in [-0.2, 0) is 0 Å². The fourth-order valence-corrected chi connectivity index (χ4v) is 5.36.